The van der Waals surface area contributed by atoms with E-state index in [2.05, 4.69) is 4.98 Å². The normalized spacial score (nSPS) is 12.8. The topological polar surface area (TPSA) is 36.7 Å². The third kappa shape index (κ3) is 2.99. The number of alkyl halides is 3. The van der Waals surface area contributed by atoms with Crippen molar-refractivity contribution in [1.29, 1.82) is 5.26 Å². The highest BCUT2D eigenvalue weighted by Gasteiger charge is 2.32. The number of halogens is 5. The van der Waals surface area contributed by atoms with Crippen LogP contribution in [0.15, 0.2) is 36.5 Å². The van der Waals surface area contributed by atoms with E-state index < -0.39 is 29.3 Å². The van der Waals surface area contributed by atoms with E-state index in [0.717, 1.165) is 24.4 Å². The third-order valence-electron chi connectivity index (χ3n) is 2.83. The van der Waals surface area contributed by atoms with E-state index in [9.17, 15) is 22.0 Å². The summed E-state index contributed by atoms with van der Waals surface area (Å²) in [7, 11) is 0. The summed E-state index contributed by atoms with van der Waals surface area (Å²) in [4.78, 5) is 3.66. The Morgan fingerprint density at radius 3 is 2.48 bits per heavy atom. The summed E-state index contributed by atoms with van der Waals surface area (Å²) in [6.07, 6.45) is -3.74. The Hall–Kier alpha value is -2.49. The molecule has 0 radical (unpaired) electrons. The molecular formula is C14H7F5N2. The van der Waals surface area contributed by atoms with Crippen LogP contribution < -0.4 is 0 Å². The van der Waals surface area contributed by atoms with Crippen LogP contribution in [-0.2, 0) is 6.18 Å². The number of rotatable bonds is 2. The number of nitriles is 1. The molecule has 21 heavy (non-hydrogen) atoms. The molecule has 0 aliphatic carbocycles. The maximum absolute atomic E-state index is 13.7. The Kier molecular flexibility index (Phi) is 3.89. The number of hydrogen-bond acceptors (Lipinski definition) is 2. The van der Waals surface area contributed by atoms with E-state index in [0.29, 0.717) is 6.07 Å². The van der Waals surface area contributed by atoms with E-state index in [1.807, 2.05) is 0 Å². The van der Waals surface area contributed by atoms with Gasteiger partial charge in [0, 0.05) is 11.8 Å². The summed E-state index contributed by atoms with van der Waals surface area (Å²) in [6, 6.07) is 6.19. The molecule has 2 aromatic rings. The molecule has 0 aliphatic rings. The van der Waals surface area contributed by atoms with Gasteiger partial charge < -0.3 is 0 Å². The zero-order valence-electron chi connectivity index (χ0n) is 10.3. The van der Waals surface area contributed by atoms with Crippen LogP contribution in [0.2, 0.25) is 0 Å². The van der Waals surface area contributed by atoms with Gasteiger partial charge in [0.2, 0.25) is 0 Å². The molecule has 1 unspecified atom stereocenters. The molecule has 0 spiro atoms. The Labute approximate surface area is 116 Å². The smallest absolute Gasteiger partial charge is 0.260 e. The van der Waals surface area contributed by atoms with Gasteiger partial charge in [0.1, 0.15) is 5.92 Å². The quantitative estimate of drug-likeness (QED) is 0.785. The molecule has 1 aromatic carbocycles. The van der Waals surface area contributed by atoms with E-state index in [1.165, 1.54) is 6.07 Å². The fraction of sp³-hybridized carbons (Fsp3) is 0.143. The van der Waals surface area contributed by atoms with E-state index in [4.69, 9.17) is 5.26 Å². The summed E-state index contributed by atoms with van der Waals surface area (Å²) in [5.41, 5.74) is -1.66. The molecule has 1 atom stereocenters. The minimum atomic E-state index is -4.61. The first-order chi connectivity index (χ1) is 9.84. The number of benzene rings is 1. The number of nitrogens with zero attached hydrogens (tertiary/aromatic N) is 2. The lowest BCUT2D eigenvalue weighted by atomic mass is 9.95. The molecule has 0 saturated heterocycles. The highest BCUT2D eigenvalue weighted by Crippen LogP contribution is 2.32. The van der Waals surface area contributed by atoms with Gasteiger partial charge in [0.05, 0.1) is 17.3 Å². The summed E-state index contributed by atoms with van der Waals surface area (Å²) in [6.45, 7) is 0. The van der Waals surface area contributed by atoms with Crippen LogP contribution in [0.25, 0.3) is 0 Å². The first-order valence-electron chi connectivity index (χ1n) is 5.71. The van der Waals surface area contributed by atoms with Gasteiger partial charge in [0.15, 0.2) is 11.6 Å². The SMILES string of the molecule is N#CC(c1cc(C(F)(F)F)ccn1)c1cccc(F)c1F. The van der Waals surface area contributed by atoms with E-state index in [1.54, 1.807) is 6.07 Å². The maximum Gasteiger partial charge on any atom is 0.416 e. The van der Waals surface area contributed by atoms with Gasteiger partial charge in [0.25, 0.3) is 0 Å². The fourth-order valence-corrected chi connectivity index (χ4v) is 1.82. The van der Waals surface area contributed by atoms with Crippen LogP contribution in [0.5, 0.6) is 0 Å². The summed E-state index contributed by atoms with van der Waals surface area (Å²) >= 11 is 0. The van der Waals surface area contributed by atoms with Crippen molar-refractivity contribution < 1.29 is 22.0 Å². The van der Waals surface area contributed by atoms with Crippen molar-refractivity contribution in [1.82, 2.24) is 4.98 Å². The van der Waals surface area contributed by atoms with Crippen molar-refractivity contribution >= 4 is 0 Å². The molecule has 0 amide bonds. The van der Waals surface area contributed by atoms with Gasteiger partial charge in [-0.25, -0.2) is 8.78 Å². The second kappa shape index (κ2) is 5.48. The standard InChI is InChI=1S/C14H7F5N2/c15-11-3-1-2-9(13(11)16)10(7-20)12-6-8(4-5-21-12)14(17,18)19/h1-6,10H. The van der Waals surface area contributed by atoms with Crippen molar-refractivity contribution in [2.24, 2.45) is 0 Å². The van der Waals surface area contributed by atoms with Gasteiger partial charge in [-0.2, -0.15) is 18.4 Å². The Morgan fingerprint density at radius 2 is 1.86 bits per heavy atom. The van der Waals surface area contributed by atoms with Crippen molar-refractivity contribution in [3.05, 3.63) is 65.0 Å². The largest absolute Gasteiger partial charge is 0.416 e. The van der Waals surface area contributed by atoms with E-state index in [-0.39, 0.29) is 11.3 Å². The monoisotopic (exact) mass is 298 g/mol. The number of hydrogen-bond donors (Lipinski definition) is 0. The first-order valence-corrected chi connectivity index (χ1v) is 5.71. The molecule has 0 fully saturated rings. The van der Waals surface area contributed by atoms with Crippen molar-refractivity contribution in [2.75, 3.05) is 0 Å². The fourth-order valence-electron chi connectivity index (χ4n) is 1.82. The third-order valence-corrected chi connectivity index (χ3v) is 2.83. The predicted molar refractivity (Wildman–Crippen MR) is 63.1 cm³/mol. The lowest BCUT2D eigenvalue weighted by Crippen LogP contribution is -2.09. The van der Waals surface area contributed by atoms with Crippen LogP contribution in [-0.4, -0.2) is 4.98 Å². The molecule has 1 aromatic heterocycles. The first kappa shape index (κ1) is 14.9. The van der Waals surface area contributed by atoms with Gasteiger partial charge in [-0.1, -0.05) is 12.1 Å². The second-order valence-electron chi connectivity index (χ2n) is 4.17. The predicted octanol–water partition coefficient (Wildman–Crippen LogP) is 4.03. The summed E-state index contributed by atoms with van der Waals surface area (Å²) in [5, 5.41) is 9.08. The maximum atomic E-state index is 13.7. The molecule has 0 bridgehead atoms. The van der Waals surface area contributed by atoms with Gasteiger partial charge >= 0.3 is 6.18 Å². The molecule has 0 aliphatic heterocycles. The molecule has 2 nitrogen and oxygen atoms in total. The average Bonchev–Trinajstić information content (AvgIpc) is 2.44. The molecule has 108 valence electrons. The van der Waals surface area contributed by atoms with E-state index >= 15 is 0 Å². The zero-order valence-corrected chi connectivity index (χ0v) is 10.3. The molecule has 0 N–H and O–H groups in total. The minimum Gasteiger partial charge on any atom is -0.260 e. The Morgan fingerprint density at radius 1 is 1.14 bits per heavy atom. The van der Waals surface area contributed by atoms with Crippen molar-refractivity contribution in [3.8, 4) is 6.07 Å². The van der Waals surface area contributed by atoms with Crippen molar-refractivity contribution in [2.45, 2.75) is 12.1 Å². The van der Waals surface area contributed by atoms with Crippen LogP contribution in [0, 0.1) is 23.0 Å². The van der Waals surface area contributed by atoms with Crippen LogP contribution in [0.1, 0.15) is 22.7 Å². The van der Waals surface area contributed by atoms with Gasteiger partial charge in [-0.3, -0.25) is 4.98 Å². The highest BCUT2D eigenvalue weighted by molar-refractivity contribution is 5.37. The highest BCUT2D eigenvalue weighted by atomic mass is 19.4. The van der Waals surface area contributed by atoms with Gasteiger partial charge in [-0.05, 0) is 18.2 Å². The lowest BCUT2D eigenvalue weighted by molar-refractivity contribution is -0.137. The molecule has 2 rings (SSSR count). The molecular weight excluding hydrogens is 291 g/mol. The van der Waals surface area contributed by atoms with Crippen LogP contribution >= 0.6 is 0 Å². The molecule has 1 heterocycles. The Balaban J connectivity index is 2.53. The van der Waals surface area contributed by atoms with Crippen molar-refractivity contribution in [3.63, 3.8) is 0 Å². The van der Waals surface area contributed by atoms with Crippen LogP contribution in [0.3, 0.4) is 0 Å². The summed E-state index contributed by atoms with van der Waals surface area (Å²) < 4.78 is 64.8. The molecule has 7 heteroatoms. The average molecular weight is 298 g/mol. The zero-order chi connectivity index (χ0) is 15.6. The minimum absolute atomic E-state index is 0.295. The number of aromatic nitrogens is 1. The lowest BCUT2D eigenvalue weighted by Gasteiger charge is -2.13. The summed E-state index contributed by atoms with van der Waals surface area (Å²) in [5.74, 6) is -3.88. The van der Waals surface area contributed by atoms with Crippen LogP contribution in [0.4, 0.5) is 22.0 Å². The van der Waals surface area contributed by atoms with Gasteiger partial charge in [-0.15, -0.1) is 0 Å². The second-order valence-corrected chi connectivity index (χ2v) is 4.17. The molecule has 0 saturated carbocycles. The number of pyridine rings is 1. The Bertz CT molecular complexity index is 703.